The molecule has 1 fully saturated rings. The average Bonchev–Trinajstić information content (AvgIpc) is 2.90. The zero-order valence-electron chi connectivity index (χ0n) is 10.4. The van der Waals surface area contributed by atoms with E-state index in [1.807, 2.05) is 29.2 Å². The molecule has 98 valence electrons. The van der Waals surface area contributed by atoms with Crippen molar-refractivity contribution in [1.82, 2.24) is 4.90 Å². The van der Waals surface area contributed by atoms with Gasteiger partial charge in [0.2, 0.25) is 5.91 Å². The minimum atomic E-state index is 0.0156. The summed E-state index contributed by atoms with van der Waals surface area (Å²) < 4.78 is 0. The fourth-order valence-electron chi connectivity index (χ4n) is 2.56. The number of hydrogen-bond acceptors (Lipinski definition) is 2. The molecular weight excluding hydrogens is 248 g/mol. The number of halogens is 1. The molecule has 0 radical (unpaired) electrons. The Hall–Kier alpha value is -1.06. The van der Waals surface area contributed by atoms with E-state index in [4.69, 9.17) is 17.3 Å². The van der Waals surface area contributed by atoms with E-state index in [1.165, 1.54) is 12.8 Å². The van der Waals surface area contributed by atoms with Gasteiger partial charge in [0.15, 0.2) is 0 Å². The highest BCUT2D eigenvalue weighted by atomic mass is 35.5. The highest BCUT2D eigenvalue weighted by Crippen LogP contribution is 2.26. The maximum atomic E-state index is 12.0. The van der Waals surface area contributed by atoms with Crippen molar-refractivity contribution in [3.05, 3.63) is 34.9 Å². The molecule has 1 aliphatic carbocycles. The van der Waals surface area contributed by atoms with Crippen molar-refractivity contribution in [1.29, 1.82) is 0 Å². The predicted molar refractivity (Wildman–Crippen MR) is 73.3 cm³/mol. The number of amides is 1. The second-order valence-electron chi connectivity index (χ2n) is 4.76. The Labute approximate surface area is 113 Å². The molecule has 0 aliphatic heterocycles. The summed E-state index contributed by atoms with van der Waals surface area (Å²) in [6.45, 7) is 0.640. The molecule has 0 heterocycles. The van der Waals surface area contributed by atoms with Crippen LogP contribution in [0.2, 0.25) is 5.02 Å². The van der Waals surface area contributed by atoms with Gasteiger partial charge in [0.25, 0.3) is 0 Å². The van der Waals surface area contributed by atoms with Crippen LogP contribution >= 0.6 is 11.6 Å². The summed E-state index contributed by atoms with van der Waals surface area (Å²) in [5.41, 5.74) is 6.50. The largest absolute Gasteiger partial charge is 0.334 e. The van der Waals surface area contributed by atoms with Gasteiger partial charge in [-0.05, 0) is 24.5 Å². The fraction of sp³-hybridized carbons (Fsp3) is 0.500. The van der Waals surface area contributed by atoms with Gasteiger partial charge in [-0.25, -0.2) is 0 Å². The normalized spacial score (nSPS) is 15.9. The first-order chi connectivity index (χ1) is 8.72. The van der Waals surface area contributed by atoms with Crippen LogP contribution in [-0.4, -0.2) is 23.4 Å². The van der Waals surface area contributed by atoms with Gasteiger partial charge in [0.05, 0.1) is 6.54 Å². The summed E-state index contributed by atoms with van der Waals surface area (Å²) in [4.78, 5) is 13.9. The van der Waals surface area contributed by atoms with Crippen LogP contribution in [0.1, 0.15) is 31.2 Å². The van der Waals surface area contributed by atoms with Crippen molar-refractivity contribution in [2.24, 2.45) is 5.73 Å². The Kier molecular flexibility index (Phi) is 4.61. The number of rotatable bonds is 4. The van der Waals surface area contributed by atoms with Crippen LogP contribution in [0.3, 0.4) is 0 Å². The predicted octanol–water partition coefficient (Wildman–Crippen LogP) is 2.57. The van der Waals surface area contributed by atoms with Crippen LogP contribution in [0.5, 0.6) is 0 Å². The first-order valence-electron chi connectivity index (χ1n) is 6.45. The van der Waals surface area contributed by atoms with Crippen LogP contribution in [0.15, 0.2) is 24.3 Å². The Morgan fingerprint density at radius 3 is 2.61 bits per heavy atom. The number of hydrogen-bond donors (Lipinski definition) is 1. The molecule has 3 nitrogen and oxygen atoms in total. The molecule has 1 amide bonds. The van der Waals surface area contributed by atoms with E-state index >= 15 is 0 Å². The van der Waals surface area contributed by atoms with Gasteiger partial charge in [0.1, 0.15) is 0 Å². The third-order valence-corrected chi connectivity index (χ3v) is 3.93. The zero-order chi connectivity index (χ0) is 13.0. The number of carbonyl (C=O) groups is 1. The summed E-state index contributed by atoms with van der Waals surface area (Å²) in [7, 11) is 0. The lowest BCUT2D eigenvalue weighted by Gasteiger charge is -2.29. The van der Waals surface area contributed by atoms with E-state index in [0.717, 1.165) is 18.4 Å². The number of benzene rings is 1. The lowest BCUT2D eigenvalue weighted by atomic mass is 10.1. The molecule has 0 bridgehead atoms. The summed E-state index contributed by atoms with van der Waals surface area (Å²) in [5.74, 6) is 0.0156. The summed E-state index contributed by atoms with van der Waals surface area (Å²) in [5, 5.41) is 0.713. The van der Waals surface area contributed by atoms with Gasteiger partial charge in [-0.1, -0.05) is 42.6 Å². The fourth-order valence-corrected chi connectivity index (χ4v) is 2.76. The van der Waals surface area contributed by atoms with E-state index < -0.39 is 0 Å². The van der Waals surface area contributed by atoms with Crippen molar-refractivity contribution in [2.45, 2.75) is 38.3 Å². The highest BCUT2D eigenvalue weighted by molar-refractivity contribution is 6.31. The molecule has 1 aromatic rings. The van der Waals surface area contributed by atoms with Crippen LogP contribution in [0.4, 0.5) is 0 Å². The molecule has 0 atom stereocenters. The average molecular weight is 267 g/mol. The molecule has 4 heteroatoms. The first kappa shape index (κ1) is 13.4. The molecule has 2 N–H and O–H groups in total. The van der Waals surface area contributed by atoms with Gasteiger partial charge in [-0.3, -0.25) is 4.79 Å². The Bertz CT molecular complexity index is 416. The van der Waals surface area contributed by atoms with E-state index in [2.05, 4.69) is 0 Å². The smallest absolute Gasteiger partial charge is 0.236 e. The Balaban J connectivity index is 2.14. The maximum Gasteiger partial charge on any atom is 0.236 e. The van der Waals surface area contributed by atoms with Gasteiger partial charge in [-0.2, -0.15) is 0 Å². The van der Waals surface area contributed by atoms with E-state index in [9.17, 15) is 4.79 Å². The van der Waals surface area contributed by atoms with Crippen molar-refractivity contribution in [3.63, 3.8) is 0 Å². The molecule has 1 aromatic carbocycles. The number of nitrogens with zero attached hydrogens (tertiary/aromatic N) is 1. The van der Waals surface area contributed by atoms with Crippen molar-refractivity contribution in [2.75, 3.05) is 6.54 Å². The lowest BCUT2D eigenvalue weighted by Crippen LogP contribution is -2.41. The standard InChI is InChI=1S/C14H19ClN2O/c15-13-8-4-1-5-11(13)10-17(14(18)9-16)12-6-2-3-7-12/h1,4-5,8,12H,2-3,6-7,9-10,16H2. The third kappa shape index (κ3) is 3.03. The maximum absolute atomic E-state index is 12.0. The van der Waals surface area contributed by atoms with Gasteiger partial charge >= 0.3 is 0 Å². The lowest BCUT2D eigenvalue weighted by molar-refractivity contribution is -0.132. The molecular formula is C14H19ClN2O. The van der Waals surface area contributed by atoms with Crippen molar-refractivity contribution < 1.29 is 4.79 Å². The van der Waals surface area contributed by atoms with Gasteiger partial charge < -0.3 is 10.6 Å². The Morgan fingerprint density at radius 2 is 2.00 bits per heavy atom. The zero-order valence-corrected chi connectivity index (χ0v) is 11.2. The van der Waals surface area contributed by atoms with Crippen molar-refractivity contribution >= 4 is 17.5 Å². The SMILES string of the molecule is NCC(=O)N(Cc1ccccc1Cl)C1CCCC1. The van der Waals surface area contributed by atoms with Gasteiger partial charge in [-0.15, -0.1) is 0 Å². The molecule has 0 spiro atoms. The first-order valence-corrected chi connectivity index (χ1v) is 6.83. The van der Waals surface area contributed by atoms with E-state index in [0.29, 0.717) is 17.6 Å². The minimum Gasteiger partial charge on any atom is -0.334 e. The molecule has 2 rings (SSSR count). The topological polar surface area (TPSA) is 46.3 Å². The number of carbonyl (C=O) groups excluding carboxylic acids is 1. The minimum absolute atomic E-state index is 0.0156. The molecule has 1 saturated carbocycles. The summed E-state index contributed by atoms with van der Waals surface area (Å²) in [6, 6.07) is 8.00. The van der Waals surface area contributed by atoms with Crippen LogP contribution < -0.4 is 5.73 Å². The van der Waals surface area contributed by atoms with Crippen molar-refractivity contribution in [3.8, 4) is 0 Å². The molecule has 0 saturated heterocycles. The van der Waals surface area contributed by atoms with E-state index in [-0.39, 0.29) is 12.5 Å². The van der Waals surface area contributed by atoms with Crippen LogP contribution in [-0.2, 0) is 11.3 Å². The van der Waals surface area contributed by atoms with Gasteiger partial charge in [0, 0.05) is 17.6 Å². The molecule has 0 unspecified atom stereocenters. The quantitative estimate of drug-likeness (QED) is 0.910. The summed E-state index contributed by atoms with van der Waals surface area (Å²) in [6.07, 6.45) is 4.55. The Morgan fingerprint density at radius 1 is 1.33 bits per heavy atom. The molecule has 1 aliphatic rings. The molecule has 0 aromatic heterocycles. The second kappa shape index (κ2) is 6.21. The second-order valence-corrected chi connectivity index (χ2v) is 5.16. The van der Waals surface area contributed by atoms with Crippen LogP contribution in [0.25, 0.3) is 0 Å². The highest BCUT2D eigenvalue weighted by Gasteiger charge is 2.26. The number of nitrogens with two attached hydrogens (primary N) is 1. The van der Waals surface area contributed by atoms with E-state index in [1.54, 1.807) is 0 Å². The molecule has 18 heavy (non-hydrogen) atoms. The summed E-state index contributed by atoms with van der Waals surface area (Å²) >= 11 is 6.15. The third-order valence-electron chi connectivity index (χ3n) is 3.56. The van der Waals surface area contributed by atoms with Crippen LogP contribution in [0, 0.1) is 0 Å². The monoisotopic (exact) mass is 266 g/mol.